The molecule has 1 heterocycles. The highest BCUT2D eigenvalue weighted by atomic mass is 15.1. The number of hydrogen-bond donors (Lipinski definition) is 1. The molecule has 0 radical (unpaired) electrons. The number of nitrogens with zero attached hydrogens (tertiary/aromatic N) is 1. The minimum absolute atomic E-state index is 0.274. The van der Waals surface area contributed by atoms with E-state index in [1.807, 2.05) is 0 Å². The first-order valence-electron chi connectivity index (χ1n) is 6.14. The highest BCUT2D eigenvalue weighted by Crippen LogP contribution is 2.18. The Labute approximate surface area is 94.4 Å². The first kappa shape index (κ1) is 12.5. The van der Waals surface area contributed by atoms with Crippen molar-refractivity contribution in [2.75, 3.05) is 26.7 Å². The van der Waals surface area contributed by atoms with Crippen LogP contribution in [0.1, 0.15) is 32.6 Å². The van der Waals surface area contributed by atoms with Crippen molar-refractivity contribution >= 4 is 0 Å². The average Bonchev–Trinajstić information content (AvgIpc) is 2.27. The zero-order chi connectivity index (χ0) is 11.1. The highest BCUT2D eigenvalue weighted by molar-refractivity contribution is 4.97. The van der Waals surface area contributed by atoms with Gasteiger partial charge in [0.25, 0.3) is 0 Å². The average molecular weight is 208 g/mol. The van der Waals surface area contributed by atoms with E-state index in [2.05, 4.69) is 30.1 Å². The summed E-state index contributed by atoms with van der Waals surface area (Å²) in [4.78, 5) is 2.42. The van der Waals surface area contributed by atoms with Gasteiger partial charge in [-0.3, -0.25) is 0 Å². The van der Waals surface area contributed by atoms with Crippen LogP contribution in [0.2, 0.25) is 0 Å². The Balaban J connectivity index is 2.08. The number of likely N-dealkylation sites (tertiary alicyclic amines) is 1. The summed E-state index contributed by atoms with van der Waals surface area (Å²) in [6.07, 6.45) is 10.4. The van der Waals surface area contributed by atoms with Gasteiger partial charge in [0.2, 0.25) is 0 Å². The Morgan fingerprint density at radius 2 is 2.13 bits per heavy atom. The third kappa shape index (κ3) is 4.68. The number of hydrogen-bond acceptors (Lipinski definition) is 2. The number of rotatable bonds is 5. The van der Waals surface area contributed by atoms with Crippen molar-refractivity contribution in [1.82, 2.24) is 10.2 Å². The molecule has 1 saturated heterocycles. The van der Waals surface area contributed by atoms with E-state index < -0.39 is 0 Å². The summed E-state index contributed by atoms with van der Waals surface area (Å²) in [6.45, 7) is 5.73. The van der Waals surface area contributed by atoms with Gasteiger partial charge >= 0.3 is 0 Å². The molecule has 86 valence electrons. The van der Waals surface area contributed by atoms with E-state index >= 15 is 0 Å². The minimum atomic E-state index is 0.274. The molecule has 1 rings (SSSR count). The number of terminal acetylenes is 1. The van der Waals surface area contributed by atoms with Crippen LogP contribution in [0.4, 0.5) is 0 Å². The highest BCUT2D eigenvalue weighted by Gasteiger charge is 2.16. The van der Waals surface area contributed by atoms with Crippen LogP contribution in [0.15, 0.2) is 0 Å². The first-order chi connectivity index (χ1) is 7.26. The fourth-order valence-corrected chi connectivity index (χ4v) is 2.13. The van der Waals surface area contributed by atoms with Crippen LogP contribution in [-0.2, 0) is 0 Å². The maximum absolute atomic E-state index is 5.40. The van der Waals surface area contributed by atoms with E-state index in [-0.39, 0.29) is 6.04 Å². The van der Waals surface area contributed by atoms with Crippen molar-refractivity contribution in [3.8, 4) is 12.3 Å². The van der Waals surface area contributed by atoms with Gasteiger partial charge in [0, 0.05) is 0 Å². The maximum Gasteiger partial charge on any atom is 0.0684 e. The second-order valence-corrected chi connectivity index (χ2v) is 4.62. The summed E-state index contributed by atoms with van der Waals surface area (Å²) in [5.41, 5.74) is 0. The van der Waals surface area contributed by atoms with Crippen molar-refractivity contribution in [2.45, 2.75) is 38.6 Å². The Morgan fingerprint density at radius 3 is 2.67 bits per heavy atom. The summed E-state index contributed by atoms with van der Waals surface area (Å²) >= 11 is 0. The molecule has 1 atom stereocenters. The Hall–Kier alpha value is -0.520. The lowest BCUT2D eigenvalue weighted by molar-refractivity contribution is 0.211. The fraction of sp³-hybridized carbons (Fsp3) is 0.846. The second-order valence-electron chi connectivity index (χ2n) is 4.62. The Bertz CT molecular complexity index is 199. The van der Waals surface area contributed by atoms with Crippen LogP contribution in [0, 0.1) is 18.3 Å². The predicted molar refractivity (Wildman–Crippen MR) is 65.8 cm³/mol. The van der Waals surface area contributed by atoms with Gasteiger partial charge in [0.1, 0.15) is 0 Å². The minimum Gasteiger partial charge on any atom is -0.306 e. The van der Waals surface area contributed by atoms with Crippen molar-refractivity contribution in [2.24, 2.45) is 5.92 Å². The summed E-state index contributed by atoms with van der Waals surface area (Å²) in [5, 5.41) is 3.43. The zero-order valence-corrected chi connectivity index (χ0v) is 10.1. The van der Waals surface area contributed by atoms with Gasteiger partial charge in [-0.25, -0.2) is 0 Å². The molecule has 0 aromatic rings. The molecule has 1 aliphatic rings. The molecule has 0 amide bonds. The molecule has 2 heteroatoms. The predicted octanol–water partition coefficient (Wildman–Crippen LogP) is 1.72. The van der Waals surface area contributed by atoms with Gasteiger partial charge in [-0.1, -0.05) is 12.8 Å². The van der Waals surface area contributed by atoms with Gasteiger partial charge in [-0.2, -0.15) is 0 Å². The zero-order valence-electron chi connectivity index (χ0n) is 10.1. The van der Waals surface area contributed by atoms with Gasteiger partial charge in [-0.15, -0.1) is 6.42 Å². The van der Waals surface area contributed by atoms with E-state index in [1.165, 1.54) is 32.4 Å². The molecule has 0 spiro atoms. The van der Waals surface area contributed by atoms with Gasteiger partial charge in [0.05, 0.1) is 6.04 Å². The third-order valence-corrected chi connectivity index (χ3v) is 3.39. The number of nitrogens with one attached hydrogen (secondary N) is 1. The van der Waals surface area contributed by atoms with E-state index in [0.29, 0.717) is 0 Å². The molecule has 0 bridgehead atoms. The van der Waals surface area contributed by atoms with Crippen molar-refractivity contribution in [3.63, 3.8) is 0 Å². The molecule has 0 saturated carbocycles. The largest absolute Gasteiger partial charge is 0.306 e. The topological polar surface area (TPSA) is 15.3 Å². The summed E-state index contributed by atoms with van der Waals surface area (Å²) in [7, 11) is 2.21. The van der Waals surface area contributed by atoms with Crippen molar-refractivity contribution in [3.05, 3.63) is 0 Å². The molecule has 1 N–H and O–H groups in total. The molecule has 0 aliphatic carbocycles. The van der Waals surface area contributed by atoms with E-state index in [9.17, 15) is 0 Å². The van der Waals surface area contributed by atoms with E-state index in [4.69, 9.17) is 6.42 Å². The van der Waals surface area contributed by atoms with Gasteiger partial charge in [-0.05, 0) is 58.3 Å². The molecular formula is C13H24N2. The molecule has 1 unspecified atom stereocenters. The van der Waals surface area contributed by atoms with Crippen LogP contribution in [-0.4, -0.2) is 37.6 Å². The molecule has 1 fully saturated rings. The molecule has 0 aromatic carbocycles. The summed E-state index contributed by atoms with van der Waals surface area (Å²) in [6, 6.07) is 0.274. The van der Waals surface area contributed by atoms with Crippen LogP contribution >= 0.6 is 0 Å². The van der Waals surface area contributed by atoms with Gasteiger partial charge < -0.3 is 10.2 Å². The molecule has 2 nitrogen and oxygen atoms in total. The first-order valence-corrected chi connectivity index (χ1v) is 6.14. The lowest BCUT2D eigenvalue weighted by atomic mass is 9.94. The molecule has 15 heavy (non-hydrogen) atoms. The quantitative estimate of drug-likeness (QED) is 0.692. The van der Waals surface area contributed by atoms with Gasteiger partial charge in [0.15, 0.2) is 0 Å². The van der Waals surface area contributed by atoms with Crippen molar-refractivity contribution in [1.29, 1.82) is 0 Å². The Kier molecular flexibility index (Phi) is 5.75. The SMILES string of the molecule is C#CC(CC)NCCC1CCN(C)CC1. The van der Waals surface area contributed by atoms with Crippen LogP contribution in [0.3, 0.4) is 0 Å². The van der Waals surface area contributed by atoms with Crippen molar-refractivity contribution < 1.29 is 0 Å². The van der Waals surface area contributed by atoms with Crippen LogP contribution in [0.5, 0.6) is 0 Å². The standard InChI is InChI=1S/C13H24N2/c1-4-13(5-2)14-9-6-12-7-10-15(3)11-8-12/h1,12-14H,5-11H2,2-3H3. The summed E-state index contributed by atoms with van der Waals surface area (Å²) in [5.74, 6) is 3.68. The normalized spacial score (nSPS) is 21.1. The van der Waals surface area contributed by atoms with Crippen LogP contribution < -0.4 is 5.32 Å². The fourth-order valence-electron chi connectivity index (χ4n) is 2.13. The lowest BCUT2D eigenvalue weighted by Gasteiger charge is -2.29. The maximum atomic E-state index is 5.40. The monoisotopic (exact) mass is 208 g/mol. The molecule has 0 aromatic heterocycles. The second kappa shape index (κ2) is 6.87. The molecule has 1 aliphatic heterocycles. The van der Waals surface area contributed by atoms with E-state index in [1.54, 1.807) is 0 Å². The Morgan fingerprint density at radius 1 is 1.47 bits per heavy atom. The smallest absolute Gasteiger partial charge is 0.0684 e. The summed E-state index contributed by atoms with van der Waals surface area (Å²) < 4.78 is 0. The molecular weight excluding hydrogens is 184 g/mol. The van der Waals surface area contributed by atoms with E-state index in [0.717, 1.165) is 18.9 Å². The number of piperidine rings is 1. The van der Waals surface area contributed by atoms with Crippen LogP contribution in [0.25, 0.3) is 0 Å². The lowest BCUT2D eigenvalue weighted by Crippen LogP contribution is -2.33. The third-order valence-electron chi connectivity index (χ3n) is 3.39.